The molecule has 0 N–H and O–H groups in total. The van der Waals surface area contributed by atoms with Crippen molar-refractivity contribution in [3.05, 3.63) is 58.5 Å². The van der Waals surface area contributed by atoms with Crippen molar-refractivity contribution in [3.63, 3.8) is 0 Å². The summed E-state index contributed by atoms with van der Waals surface area (Å²) in [4.78, 5) is 14.3. The molecule has 1 fully saturated rings. The van der Waals surface area contributed by atoms with E-state index >= 15 is 0 Å². The van der Waals surface area contributed by atoms with Crippen LogP contribution in [0.4, 0.5) is 0 Å². The number of rotatable bonds is 5. The average Bonchev–Trinajstić information content (AvgIpc) is 3.44. The molecule has 1 aromatic carbocycles. The summed E-state index contributed by atoms with van der Waals surface area (Å²) in [7, 11) is 0. The van der Waals surface area contributed by atoms with E-state index in [1.54, 1.807) is 22.7 Å². The Balaban J connectivity index is 1.53. The van der Waals surface area contributed by atoms with Crippen molar-refractivity contribution in [3.8, 4) is 22.1 Å². The molecule has 7 heteroatoms. The SMILES string of the molecule is CC(C)(C)c1ccc(Oc2nc(CN3CCOCC3)nc3scc(-c4cccs4)c23)cc1. The summed E-state index contributed by atoms with van der Waals surface area (Å²) >= 11 is 3.37. The Kier molecular flexibility index (Phi) is 5.99. The first-order valence-electron chi connectivity index (χ1n) is 10.9. The lowest BCUT2D eigenvalue weighted by molar-refractivity contribution is 0.0330. The fourth-order valence-electron chi connectivity index (χ4n) is 3.80. The molecule has 32 heavy (non-hydrogen) atoms. The van der Waals surface area contributed by atoms with Gasteiger partial charge in [-0.3, -0.25) is 4.90 Å². The number of benzene rings is 1. The van der Waals surface area contributed by atoms with Gasteiger partial charge in [-0.1, -0.05) is 39.0 Å². The quantitative estimate of drug-likeness (QED) is 0.344. The molecule has 0 unspecified atom stereocenters. The number of aromatic nitrogens is 2. The van der Waals surface area contributed by atoms with Gasteiger partial charge >= 0.3 is 0 Å². The van der Waals surface area contributed by atoms with E-state index in [0.29, 0.717) is 12.4 Å². The lowest BCUT2D eigenvalue weighted by Gasteiger charge is -2.25. The van der Waals surface area contributed by atoms with Crippen molar-refractivity contribution in [2.24, 2.45) is 0 Å². The number of nitrogens with zero attached hydrogens (tertiary/aromatic N) is 3. The van der Waals surface area contributed by atoms with Crippen LogP contribution in [0.25, 0.3) is 20.7 Å². The maximum absolute atomic E-state index is 6.40. The fraction of sp³-hybridized carbons (Fsp3) is 0.360. The van der Waals surface area contributed by atoms with Crippen LogP contribution < -0.4 is 4.74 Å². The summed E-state index contributed by atoms with van der Waals surface area (Å²) in [6, 6.07) is 12.5. The molecule has 1 saturated heterocycles. The zero-order valence-corrected chi connectivity index (χ0v) is 20.3. The first-order valence-corrected chi connectivity index (χ1v) is 12.6. The molecule has 0 spiro atoms. The highest BCUT2D eigenvalue weighted by molar-refractivity contribution is 7.18. The molecule has 3 aromatic heterocycles. The van der Waals surface area contributed by atoms with Gasteiger partial charge in [0.15, 0.2) is 0 Å². The van der Waals surface area contributed by atoms with Crippen molar-refractivity contribution in [2.75, 3.05) is 26.3 Å². The lowest BCUT2D eigenvalue weighted by atomic mass is 9.87. The topological polar surface area (TPSA) is 47.5 Å². The Hall–Kier alpha value is -2.32. The fourth-order valence-corrected chi connectivity index (χ4v) is 5.57. The van der Waals surface area contributed by atoms with Crippen molar-refractivity contribution >= 4 is 32.9 Å². The molecular formula is C25H27N3O2S2. The van der Waals surface area contributed by atoms with E-state index in [1.807, 2.05) is 12.1 Å². The van der Waals surface area contributed by atoms with Crippen LogP contribution in [0.3, 0.4) is 0 Å². The molecule has 166 valence electrons. The Labute approximate surface area is 196 Å². The van der Waals surface area contributed by atoms with Crippen LogP contribution in [-0.2, 0) is 16.7 Å². The molecule has 1 aliphatic rings. The van der Waals surface area contributed by atoms with E-state index in [9.17, 15) is 0 Å². The Morgan fingerprint density at radius 1 is 1.03 bits per heavy atom. The van der Waals surface area contributed by atoms with Gasteiger partial charge in [0, 0.05) is 28.9 Å². The van der Waals surface area contributed by atoms with Crippen LogP contribution in [0.2, 0.25) is 0 Å². The van der Waals surface area contributed by atoms with Crippen LogP contribution in [0.15, 0.2) is 47.2 Å². The highest BCUT2D eigenvalue weighted by atomic mass is 32.1. The molecule has 5 rings (SSSR count). The summed E-state index contributed by atoms with van der Waals surface area (Å²) < 4.78 is 11.9. The number of fused-ring (bicyclic) bond motifs is 1. The standard InChI is InChI=1S/C25H27N3O2S2/c1-25(2,3)17-6-8-18(9-7-17)30-23-22-19(20-5-4-14-31-20)16-32-24(22)27-21(26-23)15-28-10-12-29-13-11-28/h4-9,14,16H,10-13,15H2,1-3H3. The third-order valence-corrected chi connectivity index (χ3v) is 7.41. The van der Waals surface area contributed by atoms with Crippen LogP contribution in [0.5, 0.6) is 11.6 Å². The van der Waals surface area contributed by atoms with Gasteiger partial charge in [-0.05, 0) is 34.6 Å². The summed E-state index contributed by atoms with van der Waals surface area (Å²) in [6.45, 7) is 10.7. The highest BCUT2D eigenvalue weighted by Crippen LogP contribution is 2.41. The summed E-state index contributed by atoms with van der Waals surface area (Å²) in [6.07, 6.45) is 0. The Morgan fingerprint density at radius 2 is 1.81 bits per heavy atom. The number of morpholine rings is 1. The third kappa shape index (κ3) is 4.57. The molecule has 0 radical (unpaired) electrons. The molecule has 4 aromatic rings. The first-order chi connectivity index (χ1) is 15.5. The minimum Gasteiger partial charge on any atom is -0.438 e. The van der Waals surface area contributed by atoms with E-state index in [0.717, 1.165) is 53.7 Å². The normalized spacial score (nSPS) is 15.3. The molecule has 0 atom stereocenters. The third-order valence-electron chi connectivity index (χ3n) is 5.64. The second-order valence-corrected chi connectivity index (χ2v) is 10.8. The van der Waals surface area contributed by atoms with E-state index < -0.39 is 0 Å². The minimum atomic E-state index is 0.103. The summed E-state index contributed by atoms with van der Waals surface area (Å²) in [5, 5.41) is 5.25. The van der Waals surface area contributed by atoms with Crippen molar-refractivity contribution in [1.82, 2.24) is 14.9 Å². The van der Waals surface area contributed by atoms with Gasteiger partial charge in [0.1, 0.15) is 16.4 Å². The average molecular weight is 466 g/mol. The maximum atomic E-state index is 6.40. The maximum Gasteiger partial charge on any atom is 0.232 e. The molecule has 0 saturated carbocycles. The van der Waals surface area contributed by atoms with E-state index in [1.165, 1.54) is 10.4 Å². The van der Waals surface area contributed by atoms with Gasteiger partial charge in [0.05, 0.1) is 25.1 Å². The molecule has 0 bridgehead atoms. The Morgan fingerprint density at radius 3 is 2.50 bits per heavy atom. The number of ether oxygens (including phenoxy) is 2. The van der Waals surface area contributed by atoms with Crippen molar-refractivity contribution in [2.45, 2.75) is 32.7 Å². The lowest BCUT2D eigenvalue weighted by Crippen LogP contribution is -2.36. The van der Waals surface area contributed by atoms with Gasteiger partial charge < -0.3 is 9.47 Å². The zero-order valence-electron chi connectivity index (χ0n) is 18.6. The zero-order chi connectivity index (χ0) is 22.1. The number of hydrogen-bond donors (Lipinski definition) is 0. The predicted molar refractivity (Wildman–Crippen MR) is 132 cm³/mol. The van der Waals surface area contributed by atoms with E-state index in [2.05, 4.69) is 60.7 Å². The van der Waals surface area contributed by atoms with Gasteiger partial charge in [-0.2, -0.15) is 4.98 Å². The highest BCUT2D eigenvalue weighted by Gasteiger charge is 2.20. The molecule has 1 aliphatic heterocycles. The summed E-state index contributed by atoms with van der Waals surface area (Å²) in [5.41, 5.74) is 2.52. The van der Waals surface area contributed by atoms with Gasteiger partial charge in [0.2, 0.25) is 5.88 Å². The van der Waals surface area contributed by atoms with Crippen molar-refractivity contribution < 1.29 is 9.47 Å². The summed E-state index contributed by atoms with van der Waals surface area (Å²) in [5.74, 6) is 2.21. The minimum absolute atomic E-state index is 0.103. The van der Waals surface area contributed by atoms with E-state index in [-0.39, 0.29) is 5.41 Å². The molecular weight excluding hydrogens is 438 g/mol. The van der Waals surface area contributed by atoms with Gasteiger partial charge in [0.25, 0.3) is 0 Å². The number of hydrogen-bond acceptors (Lipinski definition) is 7. The molecule has 5 nitrogen and oxygen atoms in total. The smallest absolute Gasteiger partial charge is 0.232 e. The largest absolute Gasteiger partial charge is 0.438 e. The van der Waals surface area contributed by atoms with Crippen LogP contribution >= 0.6 is 22.7 Å². The molecule has 0 amide bonds. The second kappa shape index (κ2) is 8.90. The predicted octanol–water partition coefficient (Wildman–Crippen LogP) is 6.34. The first kappa shape index (κ1) is 21.5. The monoisotopic (exact) mass is 465 g/mol. The second-order valence-electron chi connectivity index (χ2n) is 9.02. The van der Waals surface area contributed by atoms with Gasteiger partial charge in [-0.15, -0.1) is 22.7 Å². The van der Waals surface area contributed by atoms with E-state index in [4.69, 9.17) is 19.4 Å². The van der Waals surface area contributed by atoms with Crippen molar-refractivity contribution in [1.29, 1.82) is 0 Å². The van der Waals surface area contributed by atoms with Crippen LogP contribution in [-0.4, -0.2) is 41.2 Å². The molecule has 4 heterocycles. The van der Waals surface area contributed by atoms with Gasteiger partial charge in [-0.25, -0.2) is 4.98 Å². The Bertz CT molecular complexity index is 1190. The van der Waals surface area contributed by atoms with Crippen LogP contribution in [0.1, 0.15) is 32.2 Å². The van der Waals surface area contributed by atoms with Crippen LogP contribution in [0, 0.1) is 0 Å². The number of thiophene rings is 2. The molecule has 0 aliphatic carbocycles.